The van der Waals surface area contributed by atoms with Crippen LogP contribution in [0.15, 0.2) is 72.8 Å². The first kappa shape index (κ1) is 17.9. The number of aromatic nitrogens is 1. The summed E-state index contributed by atoms with van der Waals surface area (Å²) >= 11 is 1.42. The van der Waals surface area contributed by atoms with Gasteiger partial charge in [0, 0.05) is 16.8 Å². The van der Waals surface area contributed by atoms with Crippen molar-refractivity contribution in [1.29, 1.82) is 0 Å². The summed E-state index contributed by atoms with van der Waals surface area (Å²) in [6.45, 7) is 1.88. The van der Waals surface area contributed by atoms with Gasteiger partial charge in [-0.2, -0.15) is 0 Å². The van der Waals surface area contributed by atoms with E-state index in [2.05, 4.69) is 15.6 Å². The fourth-order valence-corrected chi connectivity index (χ4v) is 3.64. The molecule has 6 heteroatoms. The average Bonchev–Trinajstić information content (AvgIpc) is 3.12. The Morgan fingerprint density at radius 1 is 0.821 bits per heavy atom. The number of nitrogens with zero attached hydrogens (tertiary/aromatic N) is 1. The quantitative estimate of drug-likeness (QED) is 0.511. The van der Waals surface area contributed by atoms with Crippen molar-refractivity contribution in [2.24, 2.45) is 0 Å². The minimum absolute atomic E-state index is 0.215. The van der Waals surface area contributed by atoms with Gasteiger partial charge in [0.1, 0.15) is 0 Å². The molecule has 2 N–H and O–H groups in total. The minimum Gasteiger partial charge on any atom is -0.322 e. The molecule has 2 amide bonds. The van der Waals surface area contributed by atoms with Crippen LogP contribution in [0.3, 0.4) is 0 Å². The van der Waals surface area contributed by atoms with E-state index in [0.29, 0.717) is 21.9 Å². The molecule has 0 saturated heterocycles. The summed E-state index contributed by atoms with van der Waals surface area (Å²) in [6, 6.07) is 21.9. The average molecular weight is 387 g/mol. The molecule has 4 aromatic rings. The number of carbonyl (C=O) groups is 2. The second kappa shape index (κ2) is 7.62. The number of anilines is 2. The maximum absolute atomic E-state index is 12.7. The number of carbonyl (C=O) groups excluding carboxylic acids is 2. The largest absolute Gasteiger partial charge is 0.322 e. The van der Waals surface area contributed by atoms with Gasteiger partial charge in [0.2, 0.25) is 0 Å². The first-order valence-electron chi connectivity index (χ1n) is 8.74. The van der Waals surface area contributed by atoms with Gasteiger partial charge < -0.3 is 5.32 Å². The van der Waals surface area contributed by atoms with E-state index in [1.54, 1.807) is 24.3 Å². The Morgan fingerprint density at radius 2 is 1.54 bits per heavy atom. The molecule has 0 atom stereocenters. The van der Waals surface area contributed by atoms with Gasteiger partial charge in [-0.05, 0) is 48.9 Å². The first-order valence-corrected chi connectivity index (χ1v) is 9.56. The molecule has 1 aromatic heterocycles. The highest BCUT2D eigenvalue weighted by molar-refractivity contribution is 7.22. The molecule has 0 aliphatic rings. The molecular weight excluding hydrogens is 370 g/mol. The third kappa shape index (κ3) is 3.77. The number of amides is 2. The molecule has 3 aromatic carbocycles. The maximum Gasteiger partial charge on any atom is 0.257 e. The Kier molecular flexibility index (Phi) is 4.87. The number of aryl methyl sites for hydroxylation is 1. The van der Waals surface area contributed by atoms with Crippen LogP contribution >= 0.6 is 11.3 Å². The lowest BCUT2D eigenvalue weighted by atomic mass is 10.1. The zero-order chi connectivity index (χ0) is 19.5. The highest BCUT2D eigenvalue weighted by atomic mass is 32.1. The van der Waals surface area contributed by atoms with E-state index in [-0.39, 0.29) is 11.8 Å². The van der Waals surface area contributed by atoms with E-state index in [9.17, 15) is 9.59 Å². The third-order valence-corrected chi connectivity index (χ3v) is 5.25. The van der Waals surface area contributed by atoms with E-state index in [0.717, 1.165) is 15.8 Å². The molecule has 0 unspecified atom stereocenters. The Morgan fingerprint density at radius 3 is 2.32 bits per heavy atom. The van der Waals surface area contributed by atoms with Crippen molar-refractivity contribution < 1.29 is 9.59 Å². The summed E-state index contributed by atoms with van der Waals surface area (Å²) in [5.41, 5.74) is 3.34. The number of para-hydroxylation sites is 1. The molecule has 0 radical (unpaired) electrons. The zero-order valence-electron chi connectivity index (χ0n) is 15.1. The van der Waals surface area contributed by atoms with Gasteiger partial charge in [-0.15, -0.1) is 0 Å². The lowest BCUT2D eigenvalue weighted by Gasteiger charge is -2.10. The van der Waals surface area contributed by atoms with Gasteiger partial charge >= 0.3 is 0 Å². The minimum atomic E-state index is -0.269. The number of hydrogen-bond donors (Lipinski definition) is 2. The van der Waals surface area contributed by atoms with Crippen molar-refractivity contribution in [2.45, 2.75) is 6.92 Å². The Balaban J connectivity index is 1.54. The smallest absolute Gasteiger partial charge is 0.257 e. The van der Waals surface area contributed by atoms with Crippen molar-refractivity contribution in [3.05, 3.63) is 89.5 Å². The summed E-state index contributed by atoms with van der Waals surface area (Å²) in [6.07, 6.45) is 0. The molecule has 0 fully saturated rings. The molecule has 0 bridgehead atoms. The van der Waals surface area contributed by atoms with E-state index < -0.39 is 0 Å². The van der Waals surface area contributed by atoms with Crippen LogP contribution < -0.4 is 10.6 Å². The number of nitrogens with one attached hydrogen (secondary N) is 2. The Hall–Kier alpha value is -3.51. The predicted molar refractivity (Wildman–Crippen MR) is 113 cm³/mol. The number of thiazole rings is 1. The van der Waals surface area contributed by atoms with Crippen LogP contribution in [-0.2, 0) is 0 Å². The number of hydrogen-bond acceptors (Lipinski definition) is 4. The summed E-state index contributed by atoms with van der Waals surface area (Å²) < 4.78 is 1.01. The van der Waals surface area contributed by atoms with Crippen LogP contribution in [0.5, 0.6) is 0 Å². The SMILES string of the molecule is Cc1ccc(C(=O)Nc2nc3ccccc3s2)cc1NC(=O)c1ccccc1. The maximum atomic E-state index is 12.7. The summed E-state index contributed by atoms with van der Waals surface area (Å²) in [5, 5.41) is 6.25. The van der Waals surface area contributed by atoms with Crippen LogP contribution in [0, 0.1) is 6.92 Å². The van der Waals surface area contributed by atoms with Crippen LogP contribution in [0.25, 0.3) is 10.2 Å². The molecule has 0 saturated carbocycles. The van der Waals surface area contributed by atoms with Crippen molar-refractivity contribution in [3.8, 4) is 0 Å². The van der Waals surface area contributed by atoms with Gasteiger partial charge in [0.25, 0.3) is 11.8 Å². The van der Waals surface area contributed by atoms with Crippen molar-refractivity contribution in [2.75, 3.05) is 10.6 Å². The van der Waals surface area contributed by atoms with Crippen LogP contribution in [0.4, 0.5) is 10.8 Å². The normalized spacial score (nSPS) is 10.6. The zero-order valence-corrected chi connectivity index (χ0v) is 15.9. The summed E-state index contributed by atoms with van der Waals surface area (Å²) in [5.74, 6) is -0.485. The topological polar surface area (TPSA) is 71.1 Å². The van der Waals surface area contributed by atoms with Crippen LogP contribution in [-0.4, -0.2) is 16.8 Å². The second-order valence-corrected chi connectivity index (χ2v) is 7.32. The van der Waals surface area contributed by atoms with Crippen LogP contribution in [0.2, 0.25) is 0 Å². The standard InChI is InChI=1S/C22H17N3O2S/c1-14-11-12-16(13-18(14)23-20(26)15-7-3-2-4-8-15)21(27)25-22-24-17-9-5-6-10-19(17)28-22/h2-13H,1H3,(H,23,26)(H,24,25,27). The van der Waals surface area contributed by atoms with E-state index in [1.165, 1.54) is 11.3 Å². The third-order valence-electron chi connectivity index (χ3n) is 4.30. The fraction of sp³-hybridized carbons (Fsp3) is 0.0455. The number of rotatable bonds is 4. The monoisotopic (exact) mass is 387 g/mol. The Bertz CT molecular complexity index is 1140. The highest BCUT2D eigenvalue weighted by Crippen LogP contribution is 2.26. The molecule has 0 aliphatic carbocycles. The molecule has 0 aliphatic heterocycles. The van der Waals surface area contributed by atoms with Gasteiger partial charge in [-0.3, -0.25) is 14.9 Å². The molecular formula is C22H17N3O2S. The van der Waals surface area contributed by atoms with Crippen molar-refractivity contribution in [3.63, 3.8) is 0 Å². The van der Waals surface area contributed by atoms with Gasteiger partial charge in [-0.1, -0.05) is 47.7 Å². The van der Waals surface area contributed by atoms with Gasteiger partial charge in [0.05, 0.1) is 10.2 Å². The van der Waals surface area contributed by atoms with E-state index in [4.69, 9.17) is 0 Å². The predicted octanol–water partition coefficient (Wildman–Crippen LogP) is 5.11. The molecule has 138 valence electrons. The first-order chi connectivity index (χ1) is 13.6. The lowest BCUT2D eigenvalue weighted by molar-refractivity contribution is 0.101. The molecule has 1 heterocycles. The van der Waals surface area contributed by atoms with Crippen molar-refractivity contribution in [1.82, 2.24) is 4.98 Å². The highest BCUT2D eigenvalue weighted by Gasteiger charge is 2.13. The van der Waals surface area contributed by atoms with Gasteiger partial charge in [0.15, 0.2) is 5.13 Å². The molecule has 5 nitrogen and oxygen atoms in total. The fourth-order valence-electron chi connectivity index (χ4n) is 2.78. The number of benzene rings is 3. The molecule has 0 spiro atoms. The number of fused-ring (bicyclic) bond motifs is 1. The molecule has 4 rings (SSSR count). The van der Waals surface area contributed by atoms with Crippen LogP contribution in [0.1, 0.15) is 26.3 Å². The Labute approximate surface area is 166 Å². The lowest BCUT2D eigenvalue weighted by Crippen LogP contribution is -2.15. The summed E-state index contributed by atoms with van der Waals surface area (Å²) in [4.78, 5) is 29.5. The molecule has 28 heavy (non-hydrogen) atoms. The van der Waals surface area contributed by atoms with Gasteiger partial charge in [-0.25, -0.2) is 4.98 Å². The van der Waals surface area contributed by atoms with Crippen molar-refractivity contribution >= 4 is 44.2 Å². The van der Waals surface area contributed by atoms with E-state index >= 15 is 0 Å². The summed E-state index contributed by atoms with van der Waals surface area (Å²) in [7, 11) is 0. The van der Waals surface area contributed by atoms with E-state index in [1.807, 2.05) is 55.5 Å². The second-order valence-electron chi connectivity index (χ2n) is 6.29.